The normalized spacial score (nSPS) is 12.0. The Bertz CT molecular complexity index is 76.3. The molecule has 0 amide bonds. The molecule has 68 valence electrons. The van der Waals surface area contributed by atoms with Gasteiger partial charge < -0.3 is 14.6 Å². The zero-order valence-electron chi connectivity index (χ0n) is 7.59. The quantitative estimate of drug-likeness (QED) is 0.601. The maximum atomic E-state index is 9.57. The molecule has 3 nitrogen and oxygen atoms in total. The second-order valence-electron chi connectivity index (χ2n) is 2.33. The van der Waals surface area contributed by atoms with Crippen molar-refractivity contribution in [2.45, 2.75) is 39.6 Å². The first-order valence-electron chi connectivity index (χ1n) is 4.18. The van der Waals surface area contributed by atoms with E-state index in [9.17, 15) is 5.11 Å². The van der Waals surface area contributed by atoms with Gasteiger partial charge in [-0.2, -0.15) is 0 Å². The van der Waals surface area contributed by atoms with Crippen molar-refractivity contribution < 1.29 is 14.6 Å². The van der Waals surface area contributed by atoms with Crippen LogP contribution in [0.3, 0.4) is 0 Å². The van der Waals surface area contributed by atoms with Gasteiger partial charge in [0.05, 0.1) is 0 Å². The summed E-state index contributed by atoms with van der Waals surface area (Å²) in [6.07, 6.45) is 1.37. The lowest BCUT2D eigenvalue weighted by atomic mass is 10.3. The van der Waals surface area contributed by atoms with Gasteiger partial charge in [0.25, 0.3) is 5.97 Å². The largest absolute Gasteiger partial charge is 0.343 e. The van der Waals surface area contributed by atoms with E-state index in [2.05, 4.69) is 0 Å². The fourth-order valence-corrected chi connectivity index (χ4v) is 0.953. The molecule has 3 heteroatoms. The molecule has 0 aromatic rings. The second-order valence-corrected chi connectivity index (χ2v) is 2.33. The average Bonchev–Trinajstić information content (AvgIpc) is 1.88. The van der Waals surface area contributed by atoms with E-state index in [1.54, 1.807) is 0 Å². The zero-order valence-corrected chi connectivity index (χ0v) is 7.59. The van der Waals surface area contributed by atoms with Gasteiger partial charge in [-0.1, -0.05) is 6.92 Å². The maximum Gasteiger partial charge on any atom is 0.280 e. The van der Waals surface area contributed by atoms with E-state index in [1.807, 2.05) is 20.8 Å². The molecule has 0 bridgehead atoms. The lowest BCUT2D eigenvalue weighted by molar-refractivity contribution is -0.360. The van der Waals surface area contributed by atoms with E-state index in [0.29, 0.717) is 19.6 Å². The molecule has 1 N–H and O–H groups in total. The SMILES string of the molecule is CCCC(O)(OCC)OCC. The van der Waals surface area contributed by atoms with Gasteiger partial charge in [0.2, 0.25) is 0 Å². The van der Waals surface area contributed by atoms with Crippen molar-refractivity contribution in [1.29, 1.82) is 0 Å². The van der Waals surface area contributed by atoms with Crippen molar-refractivity contribution >= 4 is 0 Å². The smallest absolute Gasteiger partial charge is 0.280 e. The molecule has 0 aliphatic rings. The molecule has 0 heterocycles. The summed E-state index contributed by atoms with van der Waals surface area (Å²) < 4.78 is 10.1. The molecule has 0 unspecified atom stereocenters. The van der Waals surface area contributed by atoms with Crippen LogP contribution in [0.5, 0.6) is 0 Å². The number of rotatable bonds is 6. The summed E-state index contributed by atoms with van der Waals surface area (Å²) in [5, 5.41) is 9.57. The topological polar surface area (TPSA) is 38.7 Å². The molecule has 0 atom stereocenters. The van der Waals surface area contributed by atoms with Gasteiger partial charge in [-0.3, -0.25) is 0 Å². The van der Waals surface area contributed by atoms with Crippen molar-refractivity contribution in [2.24, 2.45) is 0 Å². The van der Waals surface area contributed by atoms with Gasteiger partial charge in [0, 0.05) is 19.6 Å². The fourth-order valence-electron chi connectivity index (χ4n) is 0.953. The van der Waals surface area contributed by atoms with Crippen LogP contribution in [0.4, 0.5) is 0 Å². The second kappa shape index (κ2) is 5.52. The van der Waals surface area contributed by atoms with E-state index in [-0.39, 0.29) is 0 Å². The minimum atomic E-state index is -1.35. The van der Waals surface area contributed by atoms with E-state index in [1.165, 1.54) is 0 Å². The molecule has 0 aromatic carbocycles. The van der Waals surface area contributed by atoms with E-state index in [0.717, 1.165) is 6.42 Å². The number of hydrogen-bond donors (Lipinski definition) is 1. The zero-order chi connectivity index (χ0) is 8.74. The molecule has 0 radical (unpaired) electrons. The maximum absolute atomic E-state index is 9.57. The van der Waals surface area contributed by atoms with Gasteiger partial charge >= 0.3 is 0 Å². The van der Waals surface area contributed by atoms with Crippen molar-refractivity contribution in [3.63, 3.8) is 0 Å². The number of ether oxygens (including phenoxy) is 2. The predicted molar refractivity (Wildman–Crippen MR) is 43.1 cm³/mol. The molecule has 0 rings (SSSR count). The highest BCUT2D eigenvalue weighted by Crippen LogP contribution is 2.15. The third-order valence-electron chi connectivity index (χ3n) is 1.31. The highest BCUT2D eigenvalue weighted by atomic mass is 16.8. The Balaban J connectivity index is 3.79. The Morgan fingerprint density at radius 1 is 1.09 bits per heavy atom. The van der Waals surface area contributed by atoms with Crippen LogP contribution in [0.25, 0.3) is 0 Å². The van der Waals surface area contributed by atoms with Crippen molar-refractivity contribution in [3.05, 3.63) is 0 Å². The monoisotopic (exact) mass is 162 g/mol. The van der Waals surface area contributed by atoms with Gasteiger partial charge in [-0.25, -0.2) is 0 Å². The predicted octanol–water partition coefficient (Wildman–Crippen LogP) is 1.51. The standard InChI is InChI=1S/C8H18O3/c1-4-7-8(9,10-5-2)11-6-3/h9H,4-7H2,1-3H3. The summed E-state index contributed by atoms with van der Waals surface area (Å²) in [6.45, 7) is 6.58. The molecule has 0 saturated carbocycles. The van der Waals surface area contributed by atoms with Crippen LogP contribution in [0.1, 0.15) is 33.6 Å². The summed E-state index contributed by atoms with van der Waals surface area (Å²) in [4.78, 5) is 0. The van der Waals surface area contributed by atoms with E-state index in [4.69, 9.17) is 9.47 Å². The molecule has 0 aliphatic heterocycles. The van der Waals surface area contributed by atoms with Gasteiger partial charge in [0.15, 0.2) is 0 Å². The molecule has 0 aliphatic carbocycles. The van der Waals surface area contributed by atoms with Crippen LogP contribution in [-0.2, 0) is 9.47 Å². The van der Waals surface area contributed by atoms with Crippen molar-refractivity contribution in [3.8, 4) is 0 Å². The van der Waals surface area contributed by atoms with Crippen molar-refractivity contribution in [2.75, 3.05) is 13.2 Å². The number of hydrogen-bond acceptors (Lipinski definition) is 3. The Hall–Kier alpha value is -0.120. The van der Waals surface area contributed by atoms with Gasteiger partial charge in [-0.15, -0.1) is 0 Å². The molecule has 0 saturated heterocycles. The molecule has 11 heavy (non-hydrogen) atoms. The molecular weight excluding hydrogens is 144 g/mol. The minimum Gasteiger partial charge on any atom is -0.343 e. The lowest BCUT2D eigenvalue weighted by Gasteiger charge is -2.26. The van der Waals surface area contributed by atoms with Crippen LogP contribution in [0.15, 0.2) is 0 Å². The third kappa shape index (κ3) is 4.35. The van der Waals surface area contributed by atoms with E-state index >= 15 is 0 Å². The molecule has 0 fully saturated rings. The first-order valence-corrected chi connectivity index (χ1v) is 4.18. The summed E-state index contributed by atoms with van der Waals surface area (Å²) in [5.74, 6) is -1.35. The first kappa shape index (κ1) is 10.9. The minimum absolute atomic E-state index is 0.469. The van der Waals surface area contributed by atoms with Gasteiger partial charge in [0.1, 0.15) is 0 Å². The molecule has 0 spiro atoms. The van der Waals surface area contributed by atoms with Crippen LogP contribution in [0, 0.1) is 0 Å². The highest BCUT2D eigenvalue weighted by Gasteiger charge is 2.26. The highest BCUT2D eigenvalue weighted by molar-refractivity contribution is 4.51. The first-order chi connectivity index (χ1) is 5.18. The molecule has 0 aromatic heterocycles. The van der Waals surface area contributed by atoms with Crippen molar-refractivity contribution in [1.82, 2.24) is 0 Å². The summed E-state index contributed by atoms with van der Waals surface area (Å²) >= 11 is 0. The lowest BCUT2D eigenvalue weighted by Crippen LogP contribution is -2.35. The van der Waals surface area contributed by atoms with Crippen LogP contribution in [-0.4, -0.2) is 24.3 Å². The Morgan fingerprint density at radius 2 is 1.55 bits per heavy atom. The number of aliphatic hydroxyl groups is 1. The summed E-state index contributed by atoms with van der Waals surface area (Å²) in [6, 6.07) is 0. The Labute approximate surface area is 68.3 Å². The van der Waals surface area contributed by atoms with Crippen LogP contribution < -0.4 is 0 Å². The fraction of sp³-hybridized carbons (Fsp3) is 1.00. The Morgan fingerprint density at radius 3 is 1.82 bits per heavy atom. The van der Waals surface area contributed by atoms with Crippen LogP contribution >= 0.6 is 0 Å². The van der Waals surface area contributed by atoms with E-state index < -0.39 is 5.97 Å². The summed E-state index contributed by atoms with van der Waals surface area (Å²) in [7, 11) is 0. The van der Waals surface area contributed by atoms with Crippen LogP contribution in [0.2, 0.25) is 0 Å². The third-order valence-corrected chi connectivity index (χ3v) is 1.31. The average molecular weight is 162 g/mol. The van der Waals surface area contributed by atoms with Gasteiger partial charge in [-0.05, 0) is 20.3 Å². The summed E-state index contributed by atoms with van der Waals surface area (Å²) in [5.41, 5.74) is 0. The molecular formula is C8H18O3. The Kier molecular flexibility index (Phi) is 5.46.